The number of aromatic nitrogens is 2. The van der Waals surface area contributed by atoms with E-state index in [2.05, 4.69) is 15.4 Å². The Bertz CT molecular complexity index is 661. The molecule has 1 saturated heterocycles. The topological polar surface area (TPSA) is 63.3 Å². The van der Waals surface area contributed by atoms with Gasteiger partial charge >= 0.3 is 0 Å². The van der Waals surface area contributed by atoms with Crippen LogP contribution in [0.1, 0.15) is 40.3 Å². The fourth-order valence-corrected chi connectivity index (χ4v) is 3.14. The van der Waals surface area contributed by atoms with Gasteiger partial charge in [-0.25, -0.2) is 0 Å². The third-order valence-electron chi connectivity index (χ3n) is 4.66. The lowest BCUT2D eigenvalue weighted by molar-refractivity contribution is 0.0900. The lowest BCUT2D eigenvalue weighted by atomic mass is 10.0. The van der Waals surface area contributed by atoms with Crippen LogP contribution < -0.4 is 5.32 Å². The first-order valence-electron chi connectivity index (χ1n) is 8.11. The van der Waals surface area contributed by atoms with E-state index < -0.39 is 0 Å². The molecule has 6 nitrogen and oxygen atoms in total. The molecule has 1 fully saturated rings. The molecule has 0 atom stereocenters. The minimum Gasteiger partial charge on any atom is -0.361 e. The monoisotopic (exact) mass is 316 g/mol. The third kappa shape index (κ3) is 3.47. The first-order valence-corrected chi connectivity index (χ1v) is 8.11. The van der Waals surface area contributed by atoms with E-state index in [0.29, 0.717) is 5.69 Å². The minimum absolute atomic E-state index is 0.0154. The zero-order valence-electron chi connectivity index (χ0n) is 14.0. The average Bonchev–Trinajstić information content (AvgIpc) is 3.09. The molecule has 2 aromatic rings. The van der Waals surface area contributed by atoms with Gasteiger partial charge in [-0.1, -0.05) is 5.16 Å². The fraction of sp³-hybridized carbons (Fsp3) is 0.529. The SMILES string of the molecule is Cc1noc(C)c1CN1CCC(NC(=O)c2cccn2C)CC1. The van der Waals surface area contributed by atoms with Gasteiger partial charge in [-0.05, 0) is 38.8 Å². The molecule has 0 radical (unpaired) electrons. The molecule has 1 aliphatic rings. The predicted molar refractivity (Wildman–Crippen MR) is 87.2 cm³/mol. The Balaban J connectivity index is 1.51. The molecule has 6 heteroatoms. The quantitative estimate of drug-likeness (QED) is 0.937. The zero-order valence-corrected chi connectivity index (χ0v) is 14.0. The Hall–Kier alpha value is -2.08. The maximum Gasteiger partial charge on any atom is 0.268 e. The second-order valence-electron chi connectivity index (χ2n) is 6.33. The highest BCUT2D eigenvalue weighted by Crippen LogP contribution is 2.19. The third-order valence-corrected chi connectivity index (χ3v) is 4.66. The Labute approximate surface area is 136 Å². The van der Waals surface area contributed by atoms with Gasteiger partial charge in [0.1, 0.15) is 11.5 Å². The summed E-state index contributed by atoms with van der Waals surface area (Å²) >= 11 is 0. The lowest BCUT2D eigenvalue weighted by Crippen LogP contribution is -2.44. The van der Waals surface area contributed by atoms with Crippen molar-refractivity contribution in [2.75, 3.05) is 13.1 Å². The summed E-state index contributed by atoms with van der Waals surface area (Å²) in [5, 5.41) is 7.16. The van der Waals surface area contributed by atoms with Gasteiger partial charge in [-0.2, -0.15) is 0 Å². The van der Waals surface area contributed by atoms with E-state index in [1.165, 1.54) is 5.56 Å². The van der Waals surface area contributed by atoms with Crippen molar-refractivity contribution < 1.29 is 9.32 Å². The summed E-state index contributed by atoms with van der Waals surface area (Å²) in [5.74, 6) is 0.920. The van der Waals surface area contributed by atoms with Crippen LogP contribution in [0.5, 0.6) is 0 Å². The van der Waals surface area contributed by atoms with Crippen LogP contribution in [0.25, 0.3) is 0 Å². The van der Waals surface area contributed by atoms with Gasteiger partial charge < -0.3 is 14.4 Å². The van der Waals surface area contributed by atoms with E-state index in [0.717, 1.165) is 43.9 Å². The summed E-state index contributed by atoms with van der Waals surface area (Å²) in [5.41, 5.74) is 2.88. The number of nitrogens with one attached hydrogen (secondary N) is 1. The van der Waals surface area contributed by atoms with Crippen LogP contribution in [0.15, 0.2) is 22.9 Å². The van der Waals surface area contributed by atoms with Gasteiger partial charge in [0, 0.05) is 44.5 Å². The number of aryl methyl sites for hydroxylation is 3. The molecule has 1 aliphatic heterocycles. The first kappa shape index (κ1) is 15.8. The summed E-state index contributed by atoms with van der Waals surface area (Å²) in [6, 6.07) is 3.99. The number of hydrogen-bond acceptors (Lipinski definition) is 4. The van der Waals surface area contributed by atoms with Gasteiger partial charge in [0.2, 0.25) is 0 Å². The molecule has 1 amide bonds. The Morgan fingerprint density at radius 3 is 2.70 bits per heavy atom. The van der Waals surface area contributed by atoms with Crippen molar-refractivity contribution in [3.8, 4) is 0 Å². The smallest absolute Gasteiger partial charge is 0.268 e. The van der Waals surface area contributed by atoms with E-state index >= 15 is 0 Å². The summed E-state index contributed by atoms with van der Waals surface area (Å²) in [4.78, 5) is 14.7. The standard InChI is InChI=1S/C17H24N4O2/c1-12-15(13(2)23-19-12)11-21-9-6-14(7-10-21)18-17(22)16-5-4-8-20(16)3/h4-5,8,14H,6-7,9-11H2,1-3H3,(H,18,22). The highest BCUT2D eigenvalue weighted by molar-refractivity contribution is 5.92. The number of hydrogen-bond donors (Lipinski definition) is 1. The average molecular weight is 316 g/mol. The second kappa shape index (κ2) is 6.58. The number of nitrogens with zero attached hydrogens (tertiary/aromatic N) is 3. The molecular weight excluding hydrogens is 292 g/mol. The first-order chi connectivity index (χ1) is 11.0. The molecule has 0 saturated carbocycles. The van der Waals surface area contributed by atoms with Crippen LogP contribution in [0.4, 0.5) is 0 Å². The molecule has 0 aliphatic carbocycles. The minimum atomic E-state index is 0.0154. The van der Waals surface area contributed by atoms with Crippen molar-refractivity contribution in [2.24, 2.45) is 7.05 Å². The maximum atomic E-state index is 12.3. The molecule has 1 N–H and O–H groups in total. The Kier molecular flexibility index (Phi) is 4.52. The van der Waals surface area contributed by atoms with E-state index in [4.69, 9.17) is 4.52 Å². The zero-order chi connectivity index (χ0) is 16.4. The normalized spacial score (nSPS) is 16.7. The highest BCUT2D eigenvalue weighted by Gasteiger charge is 2.23. The van der Waals surface area contributed by atoms with Gasteiger partial charge in [0.05, 0.1) is 5.69 Å². The van der Waals surface area contributed by atoms with Crippen LogP contribution in [0.3, 0.4) is 0 Å². The van der Waals surface area contributed by atoms with Crippen molar-refractivity contribution >= 4 is 5.91 Å². The van der Waals surface area contributed by atoms with Gasteiger partial charge in [-0.15, -0.1) is 0 Å². The number of likely N-dealkylation sites (tertiary alicyclic amines) is 1. The molecule has 3 rings (SSSR count). The number of carbonyl (C=O) groups excluding carboxylic acids is 1. The molecule has 0 spiro atoms. The molecular formula is C17H24N4O2. The molecule has 124 valence electrons. The van der Waals surface area contributed by atoms with E-state index in [-0.39, 0.29) is 11.9 Å². The van der Waals surface area contributed by atoms with Gasteiger partial charge in [0.25, 0.3) is 5.91 Å². The number of carbonyl (C=O) groups is 1. The van der Waals surface area contributed by atoms with Gasteiger partial charge in [0.15, 0.2) is 0 Å². The summed E-state index contributed by atoms with van der Waals surface area (Å²) in [6.07, 6.45) is 3.83. The number of amides is 1. The highest BCUT2D eigenvalue weighted by atomic mass is 16.5. The predicted octanol–water partition coefficient (Wildman–Crippen LogP) is 2.02. The summed E-state index contributed by atoms with van der Waals surface area (Å²) < 4.78 is 7.08. The Morgan fingerprint density at radius 2 is 2.13 bits per heavy atom. The number of rotatable bonds is 4. The lowest BCUT2D eigenvalue weighted by Gasteiger charge is -2.32. The van der Waals surface area contributed by atoms with Crippen molar-refractivity contribution in [1.82, 2.24) is 19.9 Å². The van der Waals surface area contributed by atoms with Crippen molar-refractivity contribution in [3.05, 3.63) is 41.0 Å². The van der Waals surface area contributed by atoms with Crippen molar-refractivity contribution in [1.29, 1.82) is 0 Å². The summed E-state index contributed by atoms with van der Waals surface area (Å²) in [7, 11) is 1.89. The Morgan fingerprint density at radius 1 is 1.39 bits per heavy atom. The van der Waals surface area contributed by atoms with E-state index in [1.807, 2.05) is 43.8 Å². The van der Waals surface area contributed by atoms with Crippen LogP contribution in [-0.2, 0) is 13.6 Å². The van der Waals surface area contributed by atoms with Crippen LogP contribution in [-0.4, -0.2) is 39.7 Å². The molecule has 0 unspecified atom stereocenters. The largest absolute Gasteiger partial charge is 0.361 e. The second-order valence-corrected chi connectivity index (χ2v) is 6.33. The van der Waals surface area contributed by atoms with Crippen LogP contribution in [0, 0.1) is 13.8 Å². The molecule has 2 aromatic heterocycles. The maximum absolute atomic E-state index is 12.3. The molecule has 3 heterocycles. The molecule has 0 bridgehead atoms. The van der Waals surface area contributed by atoms with Crippen molar-refractivity contribution in [3.63, 3.8) is 0 Å². The van der Waals surface area contributed by atoms with E-state index in [1.54, 1.807) is 0 Å². The van der Waals surface area contributed by atoms with Crippen LogP contribution in [0.2, 0.25) is 0 Å². The van der Waals surface area contributed by atoms with Gasteiger partial charge in [-0.3, -0.25) is 9.69 Å². The molecule has 23 heavy (non-hydrogen) atoms. The number of piperidine rings is 1. The fourth-order valence-electron chi connectivity index (χ4n) is 3.14. The molecule has 0 aromatic carbocycles. The van der Waals surface area contributed by atoms with E-state index in [9.17, 15) is 4.79 Å². The van der Waals surface area contributed by atoms with Crippen LogP contribution >= 0.6 is 0 Å². The summed E-state index contributed by atoms with van der Waals surface area (Å²) in [6.45, 7) is 6.77. The van der Waals surface area contributed by atoms with Crippen molar-refractivity contribution in [2.45, 2.75) is 39.3 Å².